The monoisotopic (exact) mass is 320 g/mol. The summed E-state index contributed by atoms with van der Waals surface area (Å²) < 4.78 is 43.9. The minimum Gasteiger partial charge on any atom is -0.598 e. The SMILES string of the molecule is Cc1cc([C@@H](C)N[S+]([O-])C(C)(C)C)ncc1OCC(F)F. The number of ether oxygens (including phenoxy) is 1. The topological polar surface area (TPSA) is 57.2 Å². The Morgan fingerprint density at radius 3 is 2.52 bits per heavy atom. The van der Waals surface area contributed by atoms with E-state index in [1.54, 1.807) is 13.0 Å². The predicted molar refractivity (Wildman–Crippen MR) is 79.9 cm³/mol. The highest BCUT2D eigenvalue weighted by Gasteiger charge is 2.28. The Kier molecular flexibility index (Phi) is 6.37. The van der Waals surface area contributed by atoms with Crippen LogP contribution in [0.5, 0.6) is 5.75 Å². The van der Waals surface area contributed by atoms with Gasteiger partial charge in [0.2, 0.25) is 0 Å². The molecule has 0 spiro atoms. The molecule has 21 heavy (non-hydrogen) atoms. The highest BCUT2D eigenvalue weighted by atomic mass is 32.2. The van der Waals surface area contributed by atoms with Crippen LogP contribution >= 0.6 is 0 Å². The molecule has 0 fully saturated rings. The first-order valence-corrected chi connectivity index (χ1v) is 7.81. The van der Waals surface area contributed by atoms with Crippen molar-refractivity contribution in [2.45, 2.75) is 51.8 Å². The van der Waals surface area contributed by atoms with Crippen LogP contribution in [0.3, 0.4) is 0 Å². The van der Waals surface area contributed by atoms with Gasteiger partial charge in [-0.25, -0.2) is 8.78 Å². The van der Waals surface area contributed by atoms with Crippen LogP contribution in [0.25, 0.3) is 0 Å². The van der Waals surface area contributed by atoms with E-state index in [1.165, 1.54) is 6.20 Å². The van der Waals surface area contributed by atoms with Crippen LogP contribution in [0, 0.1) is 6.92 Å². The lowest BCUT2D eigenvalue weighted by molar-refractivity contribution is 0.0813. The summed E-state index contributed by atoms with van der Waals surface area (Å²) in [5.74, 6) is 0.336. The van der Waals surface area contributed by atoms with Gasteiger partial charge in [-0.2, -0.15) is 0 Å². The van der Waals surface area contributed by atoms with E-state index < -0.39 is 24.4 Å². The van der Waals surface area contributed by atoms with E-state index >= 15 is 0 Å². The number of alkyl halides is 2. The zero-order valence-electron chi connectivity index (χ0n) is 12.9. The summed E-state index contributed by atoms with van der Waals surface area (Å²) in [7, 11) is 0. The number of halogens is 2. The number of nitrogens with zero attached hydrogens (tertiary/aromatic N) is 1. The number of aromatic nitrogens is 1. The zero-order chi connectivity index (χ0) is 16.2. The first-order valence-electron chi connectivity index (χ1n) is 6.66. The lowest BCUT2D eigenvalue weighted by atomic mass is 10.1. The number of hydrogen-bond donors (Lipinski definition) is 1. The third-order valence-corrected chi connectivity index (χ3v) is 4.41. The molecule has 0 bridgehead atoms. The highest BCUT2D eigenvalue weighted by Crippen LogP contribution is 2.23. The van der Waals surface area contributed by atoms with Gasteiger partial charge in [-0.15, -0.1) is 4.72 Å². The fourth-order valence-electron chi connectivity index (χ4n) is 1.50. The molecule has 1 N–H and O–H groups in total. The lowest BCUT2D eigenvalue weighted by Crippen LogP contribution is -2.40. The van der Waals surface area contributed by atoms with Gasteiger partial charge >= 0.3 is 0 Å². The molecule has 2 atom stereocenters. The minimum absolute atomic E-state index is 0.215. The average Bonchev–Trinajstić information content (AvgIpc) is 2.35. The molecule has 4 nitrogen and oxygen atoms in total. The summed E-state index contributed by atoms with van der Waals surface area (Å²) >= 11 is -1.21. The van der Waals surface area contributed by atoms with Crippen molar-refractivity contribution in [1.82, 2.24) is 9.71 Å². The molecule has 0 radical (unpaired) electrons. The molecule has 1 aromatic heterocycles. The molecule has 1 aromatic rings. The van der Waals surface area contributed by atoms with Gasteiger partial charge in [0.15, 0.2) is 0 Å². The number of pyridine rings is 1. The first-order chi connectivity index (χ1) is 9.61. The predicted octanol–water partition coefficient (Wildman–Crippen LogP) is 3.15. The van der Waals surface area contributed by atoms with Crippen LogP contribution in [0.15, 0.2) is 12.3 Å². The fourth-order valence-corrected chi connectivity index (χ4v) is 2.30. The molecule has 0 saturated carbocycles. The first kappa shape index (κ1) is 18.1. The molecule has 0 saturated heterocycles. The molecule has 1 unspecified atom stereocenters. The molecule has 1 rings (SSSR count). The van der Waals surface area contributed by atoms with Crippen LogP contribution in [-0.4, -0.2) is 27.3 Å². The van der Waals surface area contributed by atoms with E-state index in [1.807, 2.05) is 27.7 Å². The Morgan fingerprint density at radius 1 is 1.43 bits per heavy atom. The van der Waals surface area contributed by atoms with E-state index in [9.17, 15) is 13.3 Å². The second kappa shape index (κ2) is 7.38. The summed E-state index contributed by atoms with van der Waals surface area (Å²) in [6, 6.07) is 1.53. The van der Waals surface area contributed by atoms with Gasteiger partial charge in [0.1, 0.15) is 17.1 Å². The summed E-state index contributed by atoms with van der Waals surface area (Å²) in [6.45, 7) is 8.60. The second-order valence-electron chi connectivity index (χ2n) is 5.80. The summed E-state index contributed by atoms with van der Waals surface area (Å²) in [5.41, 5.74) is 1.41. The average molecular weight is 320 g/mol. The smallest absolute Gasteiger partial charge is 0.272 e. The standard InChI is InChI=1S/C14H22F2N2O2S/c1-9-6-11(10(2)18-21(19)14(3,4)5)17-7-12(9)20-8-13(15)16/h6-7,10,13,18H,8H2,1-5H3/t10-,21?/m1/s1. The van der Waals surface area contributed by atoms with Crippen molar-refractivity contribution in [2.75, 3.05) is 6.61 Å². The lowest BCUT2D eigenvalue weighted by Gasteiger charge is -2.26. The maximum absolute atomic E-state index is 12.1. The zero-order valence-corrected chi connectivity index (χ0v) is 13.8. The van der Waals surface area contributed by atoms with E-state index in [0.717, 1.165) is 5.56 Å². The second-order valence-corrected chi connectivity index (χ2v) is 7.80. The molecule has 0 aliphatic heterocycles. The molecule has 0 amide bonds. The minimum atomic E-state index is -2.51. The largest absolute Gasteiger partial charge is 0.598 e. The molecule has 0 aliphatic carbocycles. The Hall–Kier alpha value is -0.920. The van der Waals surface area contributed by atoms with Crippen molar-refractivity contribution in [1.29, 1.82) is 0 Å². The number of hydrogen-bond acceptors (Lipinski definition) is 4. The highest BCUT2D eigenvalue weighted by molar-refractivity contribution is 7.90. The number of nitrogens with one attached hydrogen (secondary N) is 1. The molecule has 0 aromatic carbocycles. The fraction of sp³-hybridized carbons (Fsp3) is 0.643. The van der Waals surface area contributed by atoms with Gasteiger partial charge in [-0.1, -0.05) is 0 Å². The summed E-state index contributed by atoms with van der Waals surface area (Å²) in [5, 5.41) is 0. The van der Waals surface area contributed by atoms with Crippen LogP contribution < -0.4 is 9.46 Å². The van der Waals surface area contributed by atoms with E-state index in [0.29, 0.717) is 11.4 Å². The van der Waals surface area contributed by atoms with Crippen molar-refractivity contribution in [3.05, 3.63) is 23.5 Å². The maximum atomic E-state index is 12.1. The summed E-state index contributed by atoms with van der Waals surface area (Å²) in [4.78, 5) is 4.19. The molecule has 120 valence electrons. The van der Waals surface area contributed by atoms with Crippen LogP contribution in [0.1, 0.15) is 45.0 Å². The molecular weight excluding hydrogens is 298 g/mol. The Labute approximate surface area is 127 Å². The van der Waals surface area contributed by atoms with Gasteiger partial charge in [0, 0.05) is 11.4 Å². The van der Waals surface area contributed by atoms with E-state index in [2.05, 4.69) is 9.71 Å². The number of rotatable bonds is 6. The van der Waals surface area contributed by atoms with Crippen molar-refractivity contribution in [2.24, 2.45) is 0 Å². The maximum Gasteiger partial charge on any atom is 0.272 e. The molecule has 1 heterocycles. The van der Waals surface area contributed by atoms with Crippen molar-refractivity contribution in [3.8, 4) is 5.75 Å². The molecule has 7 heteroatoms. The van der Waals surface area contributed by atoms with Crippen molar-refractivity contribution in [3.63, 3.8) is 0 Å². The van der Waals surface area contributed by atoms with E-state index in [4.69, 9.17) is 4.74 Å². The Morgan fingerprint density at radius 2 is 2.05 bits per heavy atom. The normalized spacial score (nSPS) is 15.1. The van der Waals surface area contributed by atoms with Gasteiger partial charge < -0.3 is 9.29 Å². The van der Waals surface area contributed by atoms with Gasteiger partial charge in [-0.3, -0.25) is 4.98 Å². The molecular formula is C14H22F2N2O2S. The van der Waals surface area contributed by atoms with Crippen LogP contribution in [-0.2, 0) is 11.4 Å². The quantitative estimate of drug-likeness (QED) is 0.818. The molecule has 0 aliphatic rings. The van der Waals surface area contributed by atoms with Crippen LogP contribution in [0.4, 0.5) is 8.78 Å². The third kappa shape index (κ3) is 5.76. The Balaban J connectivity index is 2.74. The van der Waals surface area contributed by atoms with Crippen LogP contribution in [0.2, 0.25) is 0 Å². The summed E-state index contributed by atoms with van der Waals surface area (Å²) in [6.07, 6.45) is -1.09. The van der Waals surface area contributed by atoms with Crippen molar-refractivity contribution < 1.29 is 18.1 Å². The van der Waals surface area contributed by atoms with Gasteiger partial charge in [-0.05, 0) is 46.2 Å². The third-order valence-electron chi connectivity index (χ3n) is 2.73. The Bertz CT molecular complexity index is 467. The van der Waals surface area contributed by atoms with Crippen molar-refractivity contribution >= 4 is 11.4 Å². The van der Waals surface area contributed by atoms with Gasteiger partial charge in [0.05, 0.1) is 17.9 Å². The van der Waals surface area contributed by atoms with Gasteiger partial charge in [0.25, 0.3) is 6.43 Å². The number of aryl methyl sites for hydroxylation is 1. The van der Waals surface area contributed by atoms with E-state index in [-0.39, 0.29) is 10.8 Å².